The first-order chi connectivity index (χ1) is 16.9. The van der Waals surface area contributed by atoms with E-state index < -0.39 is 30.5 Å². The summed E-state index contributed by atoms with van der Waals surface area (Å²) < 4.78 is 17.2. The molecule has 36 heavy (non-hydrogen) atoms. The number of aromatic amines is 1. The highest BCUT2D eigenvalue weighted by Crippen LogP contribution is 2.39. The largest absolute Gasteiger partial charge is 0.494 e. The van der Waals surface area contributed by atoms with E-state index in [9.17, 15) is 9.59 Å². The van der Waals surface area contributed by atoms with Gasteiger partial charge in [0, 0.05) is 6.04 Å². The molecule has 3 atom stereocenters. The summed E-state index contributed by atoms with van der Waals surface area (Å²) in [5, 5.41) is 2.73. The molecule has 2 saturated heterocycles. The van der Waals surface area contributed by atoms with Crippen molar-refractivity contribution in [1.82, 2.24) is 20.2 Å². The van der Waals surface area contributed by atoms with Gasteiger partial charge in [0.1, 0.15) is 11.9 Å². The van der Waals surface area contributed by atoms with Crippen molar-refractivity contribution < 1.29 is 23.6 Å². The number of carbonyl (C=O) groups excluding carboxylic acids is 2. The lowest BCUT2D eigenvalue weighted by atomic mass is 9.79. The van der Waals surface area contributed by atoms with E-state index in [0.717, 1.165) is 41.6 Å². The minimum atomic E-state index is -0.675. The third-order valence-corrected chi connectivity index (χ3v) is 7.98. The number of likely N-dealkylation sites (tertiary alicyclic amines) is 1. The van der Waals surface area contributed by atoms with E-state index in [4.69, 9.17) is 19.0 Å². The number of hydrogen-bond donors (Lipinski definition) is 2. The molecule has 2 aliphatic heterocycles. The van der Waals surface area contributed by atoms with E-state index >= 15 is 0 Å². The smallest absolute Gasteiger partial charge is 0.453 e. The fraction of sp³-hybridized carbons (Fsp3) is 0.654. The fourth-order valence-electron chi connectivity index (χ4n) is 5.08. The van der Waals surface area contributed by atoms with Crippen molar-refractivity contribution in [3.8, 4) is 0 Å². The van der Waals surface area contributed by atoms with Gasteiger partial charge in [-0.1, -0.05) is 26.8 Å². The summed E-state index contributed by atoms with van der Waals surface area (Å²) in [6.07, 6.45) is 1.91. The maximum Gasteiger partial charge on any atom is 0.494 e. The van der Waals surface area contributed by atoms with Gasteiger partial charge in [0.2, 0.25) is 5.91 Å². The molecule has 0 bridgehead atoms. The van der Waals surface area contributed by atoms with Crippen LogP contribution in [0.2, 0.25) is 0 Å². The van der Waals surface area contributed by atoms with Gasteiger partial charge < -0.3 is 29.2 Å². The van der Waals surface area contributed by atoms with E-state index in [2.05, 4.69) is 17.2 Å². The van der Waals surface area contributed by atoms with Gasteiger partial charge in [-0.25, -0.2) is 9.78 Å². The summed E-state index contributed by atoms with van der Waals surface area (Å²) in [7, 11) is 0.841. The topological polar surface area (TPSA) is 106 Å². The molecule has 0 radical (unpaired) electrons. The summed E-state index contributed by atoms with van der Waals surface area (Å²) in [6, 6.07) is 5.17. The number of imidazole rings is 1. The third kappa shape index (κ3) is 4.73. The molecule has 0 unspecified atom stereocenters. The van der Waals surface area contributed by atoms with Gasteiger partial charge in [-0.3, -0.25) is 4.79 Å². The summed E-state index contributed by atoms with van der Waals surface area (Å²) in [5.41, 5.74) is 1.78. The second-order valence-electron chi connectivity index (χ2n) is 11.2. The van der Waals surface area contributed by atoms with Crippen molar-refractivity contribution in [2.75, 3.05) is 7.11 Å². The number of carbonyl (C=O) groups is 2. The van der Waals surface area contributed by atoms with E-state index in [1.165, 1.54) is 7.11 Å². The van der Waals surface area contributed by atoms with Gasteiger partial charge >= 0.3 is 13.2 Å². The van der Waals surface area contributed by atoms with Crippen LogP contribution < -0.4 is 10.8 Å². The molecule has 2 aliphatic rings. The van der Waals surface area contributed by atoms with E-state index in [0.29, 0.717) is 0 Å². The van der Waals surface area contributed by atoms with E-state index in [1.54, 1.807) is 0 Å². The Hall–Kier alpha value is -2.59. The minimum Gasteiger partial charge on any atom is -0.453 e. The Kier molecular flexibility index (Phi) is 7.14. The summed E-state index contributed by atoms with van der Waals surface area (Å²) in [6.45, 7) is 14.1. The Morgan fingerprint density at radius 1 is 1.22 bits per heavy atom. The SMILES string of the molecule is CC[C@H]1CC[C@@H](c2nc3ccc(B4OC(C)(C)C(C)(C)O4)cc3[nH]2)N1C(=O)[C@@H](NC(=O)OC)C(C)C. The van der Waals surface area contributed by atoms with Crippen molar-refractivity contribution in [3.63, 3.8) is 0 Å². The number of amides is 2. The lowest BCUT2D eigenvalue weighted by Crippen LogP contribution is -2.53. The number of methoxy groups -OCH3 is 1. The Balaban J connectivity index is 1.63. The van der Waals surface area contributed by atoms with Crippen molar-refractivity contribution in [1.29, 1.82) is 0 Å². The van der Waals surface area contributed by atoms with Gasteiger partial charge in [-0.05, 0) is 70.5 Å². The molecule has 4 rings (SSSR count). The van der Waals surface area contributed by atoms with E-state index in [-0.39, 0.29) is 23.9 Å². The molecule has 2 amide bonds. The van der Waals surface area contributed by atoms with E-state index in [1.807, 2.05) is 64.6 Å². The second kappa shape index (κ2) is 9.70. The maximum absolute atomic E-state index is 13.7. The number of ether oxygens (including phenoxy) is 1. The summed E-state index contributed by atoms with van der Waals surface area (Å²) in [4.78, 5) is 35.9. The van der Waals surface area contributed by atoms with Crippen molar-refractivity contribution in [2.45, 2.75) is 97.1 Å². The molecule has 1 aromatic heterocycles. The van der Waals surface area contributed by atoms with Gasteiger partial charge in [0.15, 0.2) is 0 Å². The maximum atomic E-state index is 13.7. The number of alkyl carbamates (subject to hydrolysis) is 1. The number of aromatic nitrogens is 2. The molecule has 0 spiro atoms. The first kappa shape index (κ1) is 26.5. The van der Waals surface area contributed by atoms with Crippen LogP contribution in [0.5, 0.6) is 0 Å². The number of nitrogens with zero attached hydrogens (tertiary/aromatic N) is 2. The van der Waals surface area contributed by atoms with Crippen LogP contribution in [0.4, 0.5) is 4.79 Å². The number of hydrogen-bond acceptors (Lipinski definition) is 6. The molecule has 0 aliphatic carbocycles. The van der Waals surface area contributed by atoms with Crippen LogP contribution in [0.25, 0.3) is 11.0 Å². The molecule has 196 valence electrons. The Labute approximate surface area is 213 Å². The van der Waals surface area contributed by atoms with Crippen LogP contribution >= 0.6 is 0 Å². The zero-order valence-electron chi connectivity index (χ0n) is 22.7. The second-order valence-corrected chi connectivity index (χ2v) is 11.2. The van der Waals surface area contributed by atoms with Crippen LogP contribution in [0.15, 0.2) is 18.2 Å². The summed E-state index contributed by atoms with van der Waals surface area (Å²) >= 11 is 0. The van der Waals surface area contributed by atoms with Crippen molar-refractivity contribution in [3.05, 3.63) is 24.0 Å². The minimum absolute atomic E-state index is 0.0803. The van der Waals surface area contributed by atoms with Crippen LogP contribution in [-0.4, -0.2) is 64.4 Å². The molecule has 2 fully saturated rings. The highest BCUT2D eigenvalue weighted by Gasteiger charge is 2.51. The molecular formula is C26H39BN4O5. The third-order valence-electron chi connectivity index (χ3n) is 7.98. The zero-order valence-corrected chi connectivity index (χ0v) is 22.7. The van der Waals surface area contributed by atoms with Gasteiger partial charge in [0.25, 0.3) is 0 Å². The quantitative estimate of drug-likeness (QED) is 0.589. The highest BCUT2D eigenvalue weighted by atomic mass is 16.7. The Bertz CT molecular complexity index is 1110. The van der Waals surface area contributed by atoms with Crippen LogP contribution in [0, 0.1) is 5.92 Å². The van der Waals surface area contributed by atoms with Crippen molar-refractivity contribution >= 4 is 35.6 Å². The first-order valence-electron chi connectivity index (χ1n) is 12.9. The Morgan fingerprint density at radius 2 is 1.89 bits per heavy atom. The number of H-pyrrole nitrogens is 1. The monoisotopic (exact) mass is 498 g/mol. The first-order valence-corrected chi connectivity index (χ1v) is 12.9. The summed E-state index contributed by atoms with van der Waals surface area (Å²) in [5.74, 6) is 0.553. The van der Waals surface area contributed by atoms with Gasteiger partial charge in [0.05, 0.1) is 35.4 Å². The average molecular weight is 498 g/mol. The van der Waals surface area contributed by atoms with Gasteiger partial charge in [-0.15, -0.1) is 0 Å². The Morgan fingerprint density at radius 3 is 2.47 bits per heavy atom. The lowest BCUT2D eigenvalue weighted by Gasteiger charge is -2.33. The molecule has 0 saturated carbocycles. The molecule has 3 heterocycles. The van der Waals surface area contributed by atoms with Gasteiger partial charge in [-0.2, -0.15) is 0 Å². The average Bonchev–Trinajstić information content (AvgIpc) is 3.49. The molecule has 2 N–H and O–H groups in total. The fourth-order valence-corrected chi connectivity index (χ4v) is 5.08. The predicted molar refractivity (Wildman–Crippen MR) is 139 cm³/mol. The van der Waals surface area contributed by atoms with Crippen LogP contribution in [-0.2, 0) is 18.8 Å². The standard InChI is InChI=1S/C26H39BN4O5/c1-9-17-11-13-20(31(17)23(32)21(15(2)3)30-24(33)34-8)22-28-18-12-10-16(14-19(18)29-22)27-35-25(4,5)26(6,7)36-27/h10,12,14-15,17,20-21H,9,11,13H2,1-8H3,(H,28,29)(H,30,33)/t17-,20-,21-/m0/s1. The van der Waals surface area contributed by atoms with Crippen molar-refractivity contribution in [2.24, 2.45) is 5.92 Å². The van der Waals surface area contributed by atoms with Crippen LogP contribution in [0.1, 0.15) is 79.6 Å². The van der Waals surface area contributed by atoms with Crippen LogP contribution in [0.3, 0.4) is 0 Å². The lowest BCUT2D eigenvalue weighted by molar-refractivity contribution is -0.137. The predicted octanol–water partition coefficient (Wildman–Crippen LogP) is 3.68. The molecule has 2 aromatic rings. The molecule has 9 nitrogen and oxygen atoms in total. The number of fused-ring (bicyclic) bond motifs is 1. The molecule has 1 aromatic carbocycles. The molecule has 10 heteroatoms. The normalized spacial score (nSPS) is 23.9. The number of benzene rings is 1. The number of nitrogens with one attached hydrogen (secondary N) is 2. The number of rotatable bonds is 6. The highest BCUT2D eigenvalue weighted by molar-refractivity contribution is 6.62. The zero-order chi connectivity index (χ0) is 26.4. The molecular weight excluding hydrogens is 459 g/mol.